The summed E-state index contributed by atoms with van der Waals surface area (Å²) in [6, 6.07) is 11.5. The summed E-state index contributed by atoms with van der Waals surface area (Å²) in [7, 11) is 1.94. The van der Waals surface area contributed by atoms with E-state index in [-0.39, 0.29) is 0 Å². The van der Waals surface area contributed by atoms with Crippen LogP contribution >= 0.6 is 11.6 Å². The number of aromatic nitrogens is 1. The fraction of sp³-hybridized carbons (Fsp3) is 0.154. The highest BCUT2D eigenvalue weighted by molar-refractivity contribution is 6.31. The maximum Gasteiger partial charge on any atom is 0.372 e. The van der Waals surface area contributed by atoms with Gasteiger partial charge in [-0.3, -0.25) is 0 Å². The van der Waals surface area contributed by atoms with Crippen molar-refractivity contribution in [2.24, 2.45) is 7.05 Å². The third-order valence-corrected chi connectivity index (χ3v) is 2.78. The van der Waals surface area contributed by atoms with Crippen molar-refractivity contribution in [3.05, 3.63) is 53.2 Å². The average molecular weight is 235 g/mol. The topological polar surface area (TPSA) is 13.1 Å². The molecule has 0 spiro atoms. The summed E-state index contributed by atoms with van der Waals surface area (Å²) >= 11 is 5.95. The third-order valence-electron chi connectivity index (χ3n) is 2.36. The van der Waals surface area contributed by atoms with Crippen LogP contribution in [0.4, 0.5) is 0 Å². The smallest absolute Gasteiger partial charge is 0.372 e. The molecule has 0 aliphatic rings. The van der Waals surface area contributed by atoms with E-state index in [2.05, 4.69) is 0 Å². The molecule has 0 aliphatic carbocycles. The highest BCUT2D eigenvalue weighted by atomic mass is 35.5. The predicted octanol–water partition coefficient (Wildman–Crippen LogP) is 3.27. The van der Waals surface area contributed by atoms with E-state index in [4.69, 9.17) is 16.3 Å². The van der Waals surface area contributed by atoms with Crippen LogP contribution in [0.15, 0.2) is 42.6 Å². The molecule has 0 N–H and O–H groups in total. The molecule has 0 radical (unpaired) electrons. The van der Waals surface area contributed by atoms with Crippen LogP contribution in [0, 0.1) is 6.92 Å². The second kappa shape index (κ2) is 4.54. The highest BCUT2D eigenvalue weighted by Gasteiger charge is 2.07. The Hall–Kier alpha value is -1.54. The van der Waals surface area contributed by atoms with E-state index in [9.17, 15) is 0 Å². The van der Waals surface area contributed by atoms with Crippen molar-refractivity contribution in [3.8, 4) is 11.6 Å². The third kappa shape index (κ3) is 2.34. The van der Waals surface area contributed by atoms with Crippen LogP contribution in [-0.2, 0) is 7.05 Å². The van der Waals surface area contributed by atoms with Gasteiger partial charge in [-0.15, -0.1) is 0 Å². The van der Waals surface area contributed by atoms with Crippen molar-refractivity contribution in [2.75, 3.05) is 0 Å². The summed E-state index contributed by atoms with van der Waals surface area (Å²) in [5.41, 5.74) is 1.01. The first-order valence-corrected chi connectivity index (χ1v) is 5.43. The summed E-state index contributed by atoms with van der Waals surface area (Å²) in [5, 5.41) is 0.754. The maximum atomic E-state index is 5.95. The Kier molecular flexibility index (Phi) is 3.11. The Morgan fingerprint density at radius 3 is 2.69 bits per heavy atom. The van der Waals surface area contributed by atoms with Gasteiger partial charge in [-0.1, -0.05) is 11.6 Å². The van der Waals surface area contributed by atoms with Gasteiger partial charge in [-0.2, -0.15) is 4.57 Å². The molecule has 3 heteroatoms. The summed E-state index contributed by atoms with van der Waals surface area (Å²) < 4.78 is 7.67. The molecule has 0 fully saturated rings. The monoisotopic (exact) mass is 234 g/mol. The van der Waals surface area contributed by atoms with E-state index in [1.165, 1.54) is 0 Å². The first-order valence-electron chi connectivity index (χ1n) is 5.05. The molecule has 1 aromatic carbocycles. The number of ether oxygens (including phenoxy) is 1. The van der Waals surface area contributed by atoms with Gasteiger partial charge in [0.1, 0.15) is 12.8 Å². The van der Waals surface area contributed by atoms with Gasteiger partial charge in [-0.05, 0) is 36.8 Å². The van der Waals surface area contributed by atoms with E-state index in [0.717, 1.165) is 22.2 Å². The molecule has 0 unspecified atom stereocenters. The number of aryl methyl sites for hydroxylation is 2. The number of rotatable bonds is 2. The molecular formula is C13H13ClNO+. The molecule has 2 nitrogen and oxygen atoms in total. The Balaban J connectivity index is 2.28. The lowest BCUT2D eigenvalue weighted by Crippen LogP contribution is -2.28. The van der Waals surface area contributed by atoms with E-state index in [0.29, 0.717) is 0 Å². The van der Waals surface area contributed by atoms with Crippen molar-refractivity contribution >= 4 is 11.6 Å². The van der Waals surface area contributed by atoms with E-state index >= 15 is 0 Å². The lowest BCUT2D eigenvalue weighted by Gasteiger charge is -2.04. The number of hydrogen-bond donors (Lipinski definition) is 0. The zero-order valence-corrected chi connectivity index (χ0v) is 10.0. The minimum atomic E-state index is 0.754. The Bertz CT molecular complexity index is 511. The number of pyridine rings is 1. The van der Waals surface area contributed by atoms with Crippen LogP contribution in [0.1, 0.15) is 5.56 Å². The Labute approximate surface area is 100 Å². The zero-order chi connectivity index (χ0) is 11.5. The van der Waals surface area contributed by atoms with Crippen LogP contribution in [-0.4, -0.2) is 0 Å². The molecular weight excluding hydrogens is 222 g/mol. The van der Waals surface area contributed by atoms with E-state index < -0.39 is 0 Å². The van der Waals surface area contributed by atoms with Crippen LogP contribution in [0.3, 0.4) is 0 Å². The minimum absolute atomic E-state index is 0.754. The van der Waals surface area contributed by atoms with Gasteiger partial charge < -0.3 is 4.74 Å². The molecule has 1 aromatic heterocycles. The zero-order valence-electron chi connectivity index (χ0n) is 9.27. The number of nitrogens with zero attached hydrogens (tertiary/aromatic N) is 1. The second-order valence-electron chi connectivity index (χ2n) is 3.66. The standard InChI is InChI=1S/C13H13ClNO/c1-10-9-11(6-7-12(10)14)16-13-5-3-4-8-15(13)2/h3-9H,1-2H3/q+1. The number of benzene rings is 1. The van der Waals surface area contributed by atoms with Crippen LogP contribution in [0.5, 0.6) is 11.6 Å². The molecule has 0 amide bonds. The van der Waals surface area contributed by atoms with Crippen molar-refractivity contribution in [1.29, 1.82) is 0 Å². The van der Waals surface area contributed by atoms with Gasteiger partial charge in [0.05, 0.1) is 6.07 Å². The molecule has 16 heavy (non-hydrogen) atoms. The first-order chi connectivity index (χ1) is 7.66. The predicted molar refractivity (Wildman–Crippen MR) is 63.9 cm³/mol. The second-order valence-corrected chi connectivity index (χ2v) is 4.07. The van der Waals surface area contributed by atoms with Crippen LogP contribution < -0.4 is 9.30 Å². The summed E-state index contributed by atoms with van der Waals surface area (Å²) in [6.07, 6.45) is 1.94. The molecule has 0 bridgehead atoms. The van der Waals surface area contributed by atoms with Gasteiger partial charge in [0.2, 0.25) is 0 Å². The van der Waals surface area contributed by atoms with Crippen molar-refractivity contribution in [3.63, 3.8) is 0 Å². The van der Waals surface area contributed by atoms with E-state index in [1.54, 1.807) is 0 Å². The SMILES string of the molecule is Cc1cc(Oc2cccc[n+]2C)ccc1Cl. The van der Waals surface area contributed by atoms with Gasteiger partial charge in [0.15, 0.2) is 6.20 Å². The van der Waals surface area contributed by atoms with Crippen LogP contribution in [0.2, 0.25) is 5.02 Å². The van der Waals surface area contributed by atoms with Crippen molar-refractivity contribution in [1.82, 2.24) is 0 Å². The molecule has 0 aliphatic heterocycles. The summed E-state index contributed by atoms with van der Waals surface area (Å²) in [5.74, 6) is 1.59. The van der Waals surface area contributed by atoms with Crippen molar-refractivity contribution < 1.29 is 9.30 Å². The molecule has 0 atom stereocenters. The molecule has 2 rings (SSSR count). The fourth-order valence-electron chi connectivity index (χ4n) is 1.42. The van der Waals surface area contributed by atoms with Crippen molar-refractivity contribution in [2.45, 2.75) is 6.92 Å². The Morgan fingerprint density at radius 1 is 1.19 bits per heavy atom. The Morgan fingerprint density at radius 2 is 2.00 bits per heavy atom. The first kappa shape index (κ1) is 11.0. The lowest BCUT2D eigenvalue weighted by molar-refractivity contribution is -0.675. The molecule has 82 valence electrons. The quantitative estimate of drug-likeness (QED) is 0.727. The maximum absolute atomic E-state index is 5.95. The number of hydrogen-bond acceptors (Lipinski definition) is 1. The molecule has 2 aromatic rings. The fourth-order valence-corrected chi connectivity index (χ4v) is 1.53. The highest BCUT2D eigenvalue weighted by Crippen LogP contribution is 2.23. The summed E-state index contributed by atoms with van der Waals surface area (Å²) in [4.78, 5) is 0. The van der Waals surface area contributed by atoms with Gasteiger partial charge in [0, 0.05) is 11.1 Å². The minimum Gasteiger partial charge on any atom is -0.405 e. The van der Waals surface area contributed by atoms with Gasteiger partial charge in [0.25, 0.3) is 0 Å². The molecule has 1 heterocycles. The normalized spacial score (nSPS) is 10.2. The van der Waals surface area contributed by atoms with Gasteiger partial charge in [-0.25, -0.2) is 0 Å². The van der Waals surface area contributed by atoms with Crippen LogP contribution in [0.25, 0.3) is 0 Å². The summed E-state index contributed by atoms with van der Waals surface area (Å²) in [6.45, 7) is 1.96. The van der Waals surface area contributed by atoms with E-state index in [1.807, 2.05) is 61.1 Å². The molecule has 0 saturated heterocycles. The lowest BCUT2D eigenvalue weighted by atomic mass is 10.2. The largest absolute Gasteiger partial charge is 0.405 e. The van der Waals surface area contributed by atoms with Gasteiger partial charge >= 0.3 is 5.88 Å². The number of halogens is 1. The molecule has 0 saturated carbocycles. The average Bonchev–Trinajstić information content (AvgIpc) is 2.27.